The van der Waals surface area contributed by atoms with Crippen molar-refractivity contribution in [3.63, 3.8) is 0 Å². The summed E-state index contributed by atoms with van der Waals surface area (Å²) in [4.78, 5) is 23.3. The molecule has 0 aromatic carbocycles. The maximum atomic E-state index is 11.8. The number of rotatable bonds is 10. The molecule has 1 heterocycles. The van der Waals surface area contributed by atoms with Crippen molar-refractivity contribution in [2.24, 2.45) is 0 Å². The lowest BCUT2D eigenvalue weighted by molar-refractivity contribution is -0.116. The Morgan fingerprint density at radius 3 is 2.55 bits per heavy atom. The number of hydrogen-bond donors (Lipinski definition) is 2. The lowest BCUT2D eigenvalue weighted by Crippen LogP contribution is -2.41. The zero-order valence-corrected chi connectivity index (χ0v) is 15.2. The number of thioether (sulfide) groups is 1. The molecular formula is C17H27NO2S2. The number of thiol groups is 1. The van der Waals surface area contributed by atoms with Crippen LogP contribution in [0.1, 0.15) is 52.4 Å². The molecule has 3 nitrogen and oxygen atoms in total. The van der Waals surface area contributed by atoms with Crippen LogP contribution in [-0.2, 0) is 9.59 Å². The molecule has 0 spiro atoms. The fourth-order valence-corrected chi connectivity index (χ4v) is 3.83. The number of carbonyl (C=O) groups excluding carboxylic acids is 2. The molecule has 0 saturated carbocycles. The number of hydrogen-bond acceptors (Lipinski definition) is 4. The van der Waals surface area contributed by atoms with E-state index in [2.05, 4.69) is 24.9 Å². The third kappa shape index (κ3) is 5.51. The van der Waals surface area contributed by atoms with Gasteiger partial charge in [-0.05, 0) is 18.8 Å². The largest absolute Gasteiger partial charge is 0.353 e. The Kier molecular flexibility index (Phi) is 8.33. The summed E-state index contributed by atoms with van der Waals surface area (Å²) in [7, 11) is 0. The minimum Gasteiger partial charge on any atom is -0.353 e. The van der Waals surface area contributed by atoms with Gasteiger partial charge in [-0.2, -0.15) is 12.6 Å². The van der Waals surface area contributed by atoms with Crippen molar-refractivity contribution in [3.05, 3.63) is 23.6 Å². The molecule has 0 radical (unpaired) electrons. The van der Waals surface area contributed by atoms with Gasteiger partial charge in [-0.3, -0.25) is 4.79 Å². The Hall–Kier alpha value is -0.680. The van der Waals surface area contributed by atoms with Crippen LogP contribution in [0.5, 0.6) is 0 Å². The van der Waals surface area contributed by atoms with Gasteiger partial charge in [0.1, 0.15) is 11.0 Å². The summed E-state index contributed by atoms with van der Waals surface area (Å²) in [5.74, 6) is -0.147. The second-order valence-electron chi connectivity index (χ2n) is 5.87. The fourth-order valence-electron chi connectivity index (χ4n) is 2.30. The molecule has 0 aromatic rings. The van der Waals surface area contributed by atoms with E-state index in [9.17, 15) is 9.59 Å². The van der Waals surface area contributed by atoms with Crippen molar-refractivity contribution in [3.8, 4) is 0 Å². The molecule has 2 atom stereocenters. The summed E-state index contributed by atoms with van der Waals surface area (Å²) < 4.78 is -1.37. The van der Waals surface area contributed by atoms with Crippen molar-refractivity contribution in [2.45, 2.75) is 61.9 Å². The van der Waals surface area contributed by atoms with Crippen molar-refractivity contribution >= 4 is 36.6 Å². The standard InChI is InChI=1S/C17H27NO2S2/c1-3-4-5-6-7-8-12-18-15(20)9-10-17(14-19)16(2,21)11-13-22-17/h9-11,13-14,21H,3-8,12H2,1-2H3,(H,18,20)/t16-,17+/m1/s1. The molecule has 22 heavy (non-hydrogen) atoms. The van der Waals surface area contributed by atoms with Crippen LogP contribution < -0.4 is 5.32 Å². The number of nitrogens with one attached hydrogen (secondary N) is 1. The summed E-state index contributed by atoms with van der Waals surface area (Å²) in [5.41, 5.74) is 0. The third-order valence-electron chi connectivity index (χ3n) is 3.93. The topological polar surface area (TPSA) is 46.2 Å². The molecule has 1 rings (SSSR count). The Labute approximate surface area is 143 Å². The summed E-state index contributed by atoms with van der Waals surface area (Å²) in [5, 5.41) is 4.73. The third-order valence-corrected chi connectivity index (χ3v) is 5.92. The van der Waals surface area contributed by atoms with Crippen LogP contribution in [-0.4, -0.2) is 28.2 Å². The van der Waals surface area contributed by atoms with E-state index in [0.29, 0.717) is 6.54 Å². The van der Waals surface area contributed by atoms with Gasteiger partial charge in [-0.1, -0.05) is 51.2 Å². The highest BCUT2D eigenvalue weighted by Gasteiger charge is 2.46. The van der Waals surface area contributed by atoms with Crippen LogP contribution in [0.3, 0.4) is 0 Å². The van der Waals surface area contributed by atoms with Gasteiger partial charge in [0.15, 0.2) is 0 Å². The SMILES string of the molecule is CCCCCCCCNC(=O)C=C[C@@]1(C=O)SC=C[C@@]1(C)S. The van der Waals surface area contributed by atoms with Gasteiger partial charge in [0.25, 0.3) is 0 Å². The highest BCUT2D eigenvalue weighted by atomic mass is 32.2. The van der Waals surface area contributed by atoms with Crippen LogP contribution in [0, 0.1) is 0 Å². The lowest BCUT2D eigenvalue weighted by Gasteiger charge is -2.31. The Balaban J connectivity index is 2.31. The van der Waals surface area contributed by atoms with E-state index < -0.39 is 9.49 Å². The normalized spacial score (nSPS) is 27.4. The van der Waals surface area contributed by atoms with Crippen LogP contribution in [0.25, 0.3) is 0 Å². The highest BCUT2D eigenvalue weighted by molar-refractivity contribution is 8.05. The van der Waals surface area contributed by atoms with Crippen molar-refractivity contribution < 1.29 is 9.59 Å². The summed E-state index contributed by atoms with van der Waals surface area (Å²) in [6.45, 7) is 4.76. The van der Waals surface area contributed by atoms with E-state index in [0.717, 1.165) is 19.1 Å². The maximum Gasteiger partial charge on any atom is 0.243 e. The minimum atomic E-state index is -0.798. The number of unbranched alkanes of at least 4 members (excludes halogenated alkanes) is 5. The molecule has 5 heteroatoms. The molecule has 1 aliphatic heterocycles. The predicted octanol–water partition coefficient (Wildman–Crippen LogP) is 3.91. The molecule has 0 aromatic heterocycles. The number of amides is 1. The van der Waals surface area contributed by atoms with E-state index in [-0.39, 0.29) is 5.91 Å². The monoisotopic (exact) mass is 341 g/mol. The van der Waals surface area contributed by atoms with E-state index in [1.54, 1.807) is 6.08 Å². The predicted molar refractivity (Wildman–Crippen MR) is 98.4 cm³/mol. The lowest BCUT2D eigenvalue weighted by atomic mass is 9.93. The smallest absolute Gasteiger partial charge is 0.243 e. The summed E-state index contributed by atoms with van der Waals surface area (Å²) in [6, 6.07) is 0. The fraction of sp³-hybridized carbons (Fsp3) is 0.647. The molecule has 1 amide bonds. The van der Waals surface area contributed by atoms with Crippen LogP contribution in [0.4, 0.5) is 0 Å². The van der Waals surface area contributed by atoms with Gasteiger partial charge in [-0.15, -0.1) is 11.8 Å². The zero-order valence-electron chi connectivity index (χ0n) is 13.5. The molecule has 0 bridgehead atoms. The van der Waals surface area contributed by atoms with Crippen LogP contribution >= 0.6 is 24.4 Å². The minimum absolute atomic E-state index is 0.147. The Morgan fingerprint density at radius 2 is 1.95 bits per heavy atom. The first-order chi connectivity index (χ1) is 10.5. The molecule has 1 N–H and O–H groups in total. The molecule has 124 valence electrons. The molecule has 0 saturated heterocycles. The first-order valence-corrected chi connectivity index (χ1v) is 9.31. The molecule has 0 fully saturated rings. The second kappa shape index (κ2) is 9.46. The molecule has 0 aliphatic carbocycles. The number of carbonyl (C=O) groups is 2. The van der Waals surface area contributed by atoms with Gasteiger partial charge >= 0.3 is 0 Å². The highest BCUT2D eigenvalue weighted by Crippen LogP contribution is 2.47. The van der Waals surface area contributed by atoms with Gasteiger partial charge in [0.2, 0.25) is 5.91 Å². The van der Waals surface area contributed by atoms with Crippen LogP contribution in [0.2, 0.25) is 0 Å². The summed E-state index contributed by atoms with van der Waals surface area (Å²) in [6.07, 6.45) is 13.1. The zero-order chi connectivity index (χ0) is 16.5. The molecule has 0 unspecified atom stereocenters. The second-order valence-corrected chi connectivity index (χ2v) is 7.98. The maximum absolute atomic E-state index is 11.8. The number of aldehydes is 1. The van der Waals surface area contributed by atoms with E-state index in [4.69, 9.17) is 0 Å². The van der Waals surface area contributed by atoms with Crippen molar-refractivity contribution in [1.29, 1.82) is 0 Å². The Bertz CT molecular complexity index is 432. The average Bonchev–Trinajstić information content (AvgIpc) is 2.79. The van der Waals surface area contributed by atoms with E-state index in [1.807, 2.05) is 18.4 Å². The van der Waals surface area contributed by atoms with Gasteiger partial charge in [-0.25, -0.2) is 0 Å². The Morgan fingerprint density at radius 1 is 1.27 bits per heavy atom. The molecule has 1 aliphatic rings. The summed E-state index contributed by atoms with van der Waals surface area (Å²) >= 11 is 5.90. The van der Waals surface area contributed by atoms with E-state index >= 15 is 0 Å². The van der Waals surface area contributed by atoms with Gasteiger partial charge in [0, 0.05) is 12.6 Å². The quantitative estimate of drug-likeness (QED) is 0.274. The van der Waals surface area contributed by atoms with Crippen LogP contribution in [0.15, 0.2) is 23.6 Å². The van der Waals surface area contributed by atoms with Crippen molar-refractivity contribution in [1.82, 2.24) is 5.32 Å². The first-order valence-electron chi connectivity index (χ1n) is 7.99. The molecular weight excluding hydrogens is 314 g/mol. The van der Waals surface area contributed by atoms with E-state index in [1.165, 1.54) is 43.5 Å². The first kappa shape index (κ1) is 19.4. The average molecular weight is 342 g/mol. The van der Waals surface area contributed by atoms with Crippen molar-refractivity contribution in [2.75, 3.05) is 6.54 Å². The van der Waals surface area contributed by atoms with Gasteiger partial charge < -0.3 is 10.1 Å². The van der Waals surface area contributed by atoms with Gasteiger partial charge in [0.05, 0.1) is 4.75 Å².